The van der Waals surface area contributed by atoms with Crippen LogP contribution in [0.4, 0.5) is 16.2 Å². The lowest BCUT2D eigenvalue weighted by molar-refractivity contribution is 0.133. The highest BCUT2D eigenvalue weighted by atomic mass is 35.5. The summed E-state index contributed by atoms with van der Waals surface area (Å²) in [6.45, 7) is 6.37. The van der Waals surface area contributed by atoms with Crippen molar-refractivity contribution in [3.63, 3.8) is 0 Å². The molecule has 1 aromatic carbocycles. The summed E-state index contributed by atoms with van der Waals surface area (Å²) in [4.78, 5) is 11.0. The first-order valence-corrected chi connectivity index (χ1v) is 12.5. The van der Waals surface area contributed by atoms with E-state index in [0.717, 1.165) is 80.4 Å². The average Bonchev–Trinajstić information content (AvgIpc) is 3.46. The minimum Gasteiger partial charge on any atom is -0.380 e. The van der Waals surface area contributed by atoms with Crippen molar-refractivity contribution in [3.05, 3.63) is 58.3 Å². The number of rotatable bonds is 3. The van der Waals surface area contributed by atoms with Gasteiger partial charge in [0, 0.05) is 55.8 Å². The topological polar surface area (TPSA) is 86.3 Å². The summed E-state index contributed by atoms with van der Waals surface area (Å²) in [5, 5.41) is 19.0. The molecule has 0 amide bonds. The summed E-state index contributed by atoms with van der Waals surface area (Å²) in [7, 11) is 0. The molecule has 2 aromatic heterocycles. The molecule has 1 atom stereocenters. The number of aromatic nitrogens is 4. The Morgan fingerprint density at radius 1 is 1.08 bits per heavy atom. The normalized spacial score (nSPS) is 22.4. The molecule has 0 unspecified atom stereocenters. The first-order valence-electron chi connectivity index (χ1n) is 12.1. The Balaban J connectivity index is 1.12. The van der Waals surface area contributed by atoms with Crippen LogP contribution in [0.1, 0.15) is 23.5 Å². The highest BCUT2D eigenvalue weighted by molar-refractivity contribution is 6.30. The molecule has 9 nitrogen and oxygen atoms in total. The molecule has 184 valence electrons. The molecule has 0 saturated carbocycles. The molecule has 3 saturated heterocycles. The van der Waals surface area contributed by atoms with Crippen LogP contribution in [0.25, 0.3) is 5.69 Å². The van der Waals surface area contributed by atoms with Gasteiger partial charge in [0.1, 0.15) is 11.9 Å². The van der Waals surface area contributed by atoms with Gasteiger partial charge >= 0.3 is 0 Å². The van der Waals surface area contributed by atoms with Gasteiger partial charge < -0.3 is 14.5 Å². The lowest BCUT2D eigenvalue weighted by Gasteiger charge is -2.60. The van der Waals surface area contributed by atoms with Crippen molar-refractivity contribution in [2.24, 2.45) is 5.41 Å². The van der Waals surface area contributed by atoms with E-state index in [-0.39, 0.29) is 11.1 Å². The van der Waals surface area contributed by atoms with Crippen LogP contribution in [0.5, 0.6) is 0 Å². The molecule has 11 heteroatoms. The van der Waals surface area contributed by atoms with Crippen LogP contribution in [-0.4, -0.2) is 70.1 Å². The minimum atomic E-state index is -0.584. The second kappa shape index (κ2) is 8.13. The molecule has 3 aromatic rings. The van der Waals surface area contributed by atoms with E-state index in [0.29, 0.717) is 18.4 Å². The number of nitrogens with zero attached hydrogens (tertiary/aromatic N) is 8. The van der Waals surface area contributed by atoms with Crippen molar-refractivity contribution in [2.75, 3.05) is 49.2 Å². The van der Waals surface area contributed by atoms with E-state index in [1.165, 1.54) is 6.07 Å². The number of halogens is 2. The largest absolute Gasteiger partial charge is 0.380 e. The molecule has 4 aliphatic heterocycles. The summed E-state index contributed by atoms with van der Waals surface area (Å²) >= 11 is 6.39. The molecule has 4 aliphatic rings. The lowest BCUT2D eigenvalue weighted by atomic mass is 9.73. The average molecular weight is 507 g/mol. The van der Waals surface area contributed by atoms with Crippen molar-refractivity contribution in [2.45, 2.75) is 25.6 Å². The molecule has 0 bridgehead atoms. The van der Waals surface area contributed by atoms with Crippen molar-refractivity contribution >= 4 is 23.4 Å². The number of pyridine rings is 1. The first-order chi connectivity index (χ1) is 17.5. The summed E-state index contributed by atoms with van der Waals surface area (Å²) in [5.74, 6) is 1.84. The molecule has 1 spiro atoms. The number of anilines is 2. The Labute approximate surface area is 212 Å². The van der Waals surface area contributed by atoms with Gasteiger partial charge in [0.25, 0.3) is 0 Å². The maximum Gasteiger partial charge on any atom is 0.231 e. The summed E-state index contributed by atoms with van der Waals surface area (Å²) in [5.41, 5.74) is 2.21. The molecule has 7 rings (SSSR count). The third-order valence-corrected chi connectivity index (χ3v) is 8.02. The van der Waals surface area contributed by atoms with Gasteiger partial charge in [-0.05, 0) is 42.3 Å². The van der Waals surface area contributed by atoms with Gasteiger partial charge in [0.15, 0.2) is 17.3 Å². The Morgan fingerprint density at radius 2 is 1.92 bits per heavy atom. The van der Waals surface area contributed by atoms with E-state index in [1.54, 1.807) is 6.07 Å². The second-order valence-electron chi connectivity index (χ2n) is 10.3. The predicted octanol–water partition coefficient (Wildman–Crippen LogP) is 2.76. The number of fused-ring (bicyclic) bond motifs is 3. The summed E-state index contributed by atoms with van der Waals surface area (Å²) in [6, 6.07) is 11.2. The minimum absolute atomic E-state index is 0.135. The van der Waals surface area contributed by atoms with E-state index in [1.807, 2.05) is 18.2 Å². The fourth-order valence-corrected chi connectivity index (χ4v) is 6.20. The van der Waals surface area contributed by atoms with Gasteiger partial charge in [-0.15, -0.1) is 10.2 Å². The van der Waals surface area contributed by atoms with Crippen LogP contribution in [0.15, 0.2) is 30.3 Å². The van der Waals surface area contributed by atoms with Gasteiger partial charge in [-0.3, -0.25) is 9.47 Å². The summed E-state index contributed by atoms with van der Waals surface area (Å²) < 4.78 is 21.5. The third-order valence-electron chi connectivity index (χ3n) is 7.78. The van der Waals surface area contributed by atoms with E-state index in [4.69, 9.17) is 21.6 Å². The van der Waals surface area contributed by atoms with E-state index < -0.39 is 5.82 Å². The predicted molar refractivity (Wildman–Crippen MR) is 131 cm³/mol. The molecule has 0 aliphatic carbocycles. The maximum absolute atomic E-state index is 13.7. The number of hydrogen-bond donors (Lipinski definition) is 0. The van der Waals surface area contributed by atoms with Crippen LogP contribution in [0, 0.1) is 22.6 Å². The van der Waals surface area contributed by atoms with Gasteiger partial charge in [0.05, 0.1) is 18.8 Å². The Bertz CT molecular complexity index is 1380. The van der Waals surface area contributed by atoms with Crippen LogP contribution in [0.2, 0.25) is 5.02 Å². The molecule has 36 heavy (non-hydrogen) atoms. The zero-order chi connectivity index (χ0) is 24.4. The van der Waals surface area contributed by atoms with E-state index in [2.05, 4.69) is 40.5 Å². The van der Waals surface area contributed by atoms with Gasteiger partial charge in [-0.25, -0.2) is 9.37 Å². The fourth-order valence-electron chi connectivity index (χ4n) is 6.00. The van der Waals surface area contributed by atoms with Gasteiger partial charge in [-0.2, -0.15) is 5.26 Å². The van der Waals surface area contributed by atoms with Crippen molar-refractivity contribution in [3.8, 4) is 11.8 Å². The SMILES string of the molecule is N#Cc1nc(N2CC3(C2)CN(c2nnc4n2-c2ccc(Cl)cc2CN([C@H]2CCOC2)C4)C3)ccc1F. The molecular formula is C25H24ClFN8O. The second-order valence-corrected chi connectivity index (χ2v) is 10.7. The monoisotopic (exact) mass is 506 g/mol. The lowest BCUT2D eigenvalue weighted by Crippen LogP contribution is -2.73. The number of benzene rings is 1. The number of ether oxygens (including phenoxy) is 1. The van der Waals surface area contributed by atoms with E-state index in [9.17, 15) is 4.39 Å². The van der Waals surface area contributed by atoms with E-state index >= 15 is 0 Å². The molecule has 3 fully saturated rings. The molecule has 0 N–H and O–H groups in total. The van der Waals surface area contributed by atoms with Gasteiger partial charge in [0.2, 0.25) is 5.95 Å². The third kappa shape index (κ3) is 3.45. The van der Waals surface area contributed by atoms with Crippen molar-refractivity contribution in [1.82, 2.24) is 24.6 Å². The van der Waals surface area contributed by atoms with Gasteiger partial charge in [-0.1, -0.05) is 11.6 Å². The zero-order valence-electron chi connectivity index (χ0n) is 19.6. The standard InChI is InChI=1S/C25H24ClFN8O/c26-17-1-3-21-16(7-17)9-32(18-5-6-36-11-18)10-23-30-31-24(35(21)23)34-14-25(15-34)12-33(13-25)22-4-2-19(27)20(8-28)29-22/h1-4,7,18H,5-6,9-15H2/t18-/m0/s1. The highest BCUT2D eigenvalue weighted by Crippen LogP contribution is 2.44. The Kier molecular flexibility index (Phi) is 4.96. The maximum atomic E-state index is 13.7. The van der Waals surface area contributed by atoms with Crippen LogP contribution in [-0.2, 0) is 17.8 Å². The molecule has 0 radical (unpaired) electrons. The fraction of sp³-hybridized carbons (Fsp3) is 0.440. The van der Waals surface area contributed by atoms with Crippen molar-refractivity contribution < 1.29 is 9.13 Å². The number of nitriles is 1. The highest BCUT2D eigenvalue weighted by Gasteiger charge is 2.53. The molecular weight excluding hydrogens is 483 g/mol. The van der Waals surface area contributed by atoms with Crippen LogP contribution in [0.3, 0.4) is 0 Å². The zero-order valence-corrected chi connectivity index (χ0v) is 20.3. The number of hydrogen-bond acceptors (Lipinski definition) is 8. The van der Waals surface area contributed by atoms with Crippen LogP contribution >= 0.6 is 11.6 Å². The van der Waals surface area contributed by atoms with Crippen molar-refractivity contribution in [1.29, 1.82) is 5.26 Å². The first kappa shape index (κ1) is 22.0. The van der Waals surface area contributed by atoms with Crippen LogP contribution < -0.4 is 9.80 Å². The Morgan fingerprint density at radius 3 is 2.69 bits per heavy atom. The summed E-state index contributed by atoms with van der Waals surface area (Å²) in [6.07, 6.45) is 1.01. The molecule has 6 heterocycles. The smallest absolute Gasteiger partial charge is 0.231 e. The Hall–Kier alpha value is -3.26. The quantitative estimate of drug-likeness (QED) is 0.536.